The zero-order chi connectivity index (χ0) is 15.5. The second kappa shape index (κ2) is 6.61. The Morgan fingerprint density at radius 1 is 1.43 bits per heavy atom. The molecule has 2 rings (SSSR count). The van der Waals surface area contributed by atoms with Gasteiger partial charge in [-0.05, 0) is 43.4 Å². The maximum atomic E-state index is 12.9. The number of hydrogen-bond donors (Lipinski definition) is 2. The monoisotopic (exact) mass is 288 g/mol. The molecule has 0 radical (unpaired) electrons. The lowest BCUT2D eigenvalue weighted by molar-refractivity contribution is -0.125. The van der Waals surface area contributed by atoms with Crippen molar-refractivity contribution in [1.29, 1.82) is 0 Å². The van der Waals surface area contributed by atoms with Gasteiger partial charge < -0.3 is 10.6 Å². The minimum absolute atomic E-state index is 0.186. The predicted molar refractivity (Wildman–Crippen MR) is 88.7 cm³/mol. The largest absolute Gasteiger partial charge is 0.325 e. The van der Waals surface area contributed by atoms with Crippen LogP contribution in [-0.2, 0) is 4.79 Å². The number of amides is 1. The fourth-order valence-electron chi connectivity index (χ4n) is 3.33. The molecule has 0 spiro atoms. The third kappa shape index (κ3) is 3.29. The maximum Gasteiger partial charge on any atom is 0.231 e. The van der Waals surface area contributed by atoms with E-state index in [0.717, 1.165) is 43.6 Å². The lowest BCUT2D eigenvalue weighted by Crippen LogP contribution is -2.38. The van der Waals surface area contributed by atoms with Crippen LogP contribution in [0.15, 0.2) is 18.2 Å². The SMILES string of the molecule is CCCC1(C(=O)Nc2c(C)cccc2C(C)C)CCNC1. The standard InChI is InChI=1S/C18H28N2O/c1-5-9-18(10-11-19-12-18)17(21)20-16-14(4)7-6-8-15(16)13(2)3/h6-8,13,19H,5,9-12H2,1-4H3,(H,20,21). The quantitative estimate of drug-likeness (QED) is 0.864. The smallest absolute Gasteiger partial charge is 0.231 e. The molecule has 1 fully saturated rings. The topological polar surface area (TPSA) is 41.1 Å². The molecule has 2 N–H and O–H groups in total. The van der Waals surface area contributed by atoms with E-state index in [-0.39, 0.29) is 11.3 Å². The van der Waals surface area contributed by atoms with Crippen molar-refractivity contribution in [2.24, 2.45) is 5.41 Å². The van der Waals surface area contributed by atoms with E-state index >= 15 is 0 Å². The van der Waals surface area contributed by atoms with Gasteiger partial charge in [0.15, 0.2) is 0 Å². The predicted octanol–water partition coefficient (Wildman–Crippen LogP) is 3.84. The van der Waals surface area contributed by atoms with Gasteiger partial charge in [-0.1, -0.05) is 45.4 Å². The van der Waals surface area contributed by atoms with Crippen LogP contribution >= 0.6 is 0 Å². The molecular weight excluding hydrogens is 260 g/mol. The van der Waals surface area contributed by atoms with Crippen molar-refractivity contribution in [2.75, 3.05) is 18.4 Å². The van der Waals surface area contributed by atoms with Gasteiger partial charge in [-0.2, -0.15) is 0 Å². The van der Waals surface area contributed by atoms with Gasteiger partial charge in [0.1, 0.15) is 0 Å². The number of aryl methyl sites for hydroxylation is 1. The molecule has 1 aliphatic rings. The summed E-state index contributed by atoms with van der Waals surface area (Å²) in [6, 6.07) is 6.26. The van der Waals surface area contributed by atoms with Gasteiger partial charge in [-0.25, -0.2) is 0 Å². The van der Waals surface area contributed by atoms with Crippen LogP contribution in [0.2, 0.25) is 0 Å². The average molecular weight is 288 g/mol. The highest BCUT2D eigenvalue weighted by Gasteiger charge is 2.40. The molecule has 21 heavy (non-hydrogen) atoms. The fraction of sp³-hybridized carbons (Fsp3) is 0.611. The number of para-hydroxylation sites is 1. The summed E-state index contributed by atoms with van der Waals surface area (Å²) in [7, 11) is 0. The second-order valence-electron chi connectivity index (χ2n) is 6.61. The van der Waals surface area contributed by atoms with Crippen LogP contribution in [0.25, 0.3) is 0 Å². The first-order valence-electron chi connectivity index (χ1n) is 8.12. The van der Waals surface area contributed by atoms with Gasteiger partial charge >= 0.3 is 0 Å². The molecular formula is C18H28N2O. The lowest BCUT2D eigenvalue weighted by atomic mass is 9.81. The third-order valence-electron chi connectivity index (χ3n) is 4.62. The Balaban J connectivity index is 2.27. The third-order valence-corrected chi connectivity index (χ3v) is 4.62. The molecule has 116 valence electrons. The first-order valence-corrected chi connectivity index (χ1v) is 8.12. The Labute approximate surface area is 128 Å². The van der Waals surface area contributed by atoms with Crippen molar-refractivity contribution in [2.45, 2.75) is 52.9 Å². The summed E-state index contributed by atoms with van der Waals surface area (Å²) >= 11 is 0. The van der Waals surface area contributed by atoms with Crippen molar-refractivity contribution in [3.63, 3.8) is 0 Å². The van der Waals surface area contributed by atoms with Crippen molar-refractivity contribution in [1.82, 2.24) is 5.32 Å². The van der Waals surface area contributed by atoms with E-state index in [2.05, 4.69) is 56.5 Å². The number of anilines is 1. The van der Waals surface area contributed by atoms with Crippen LogP contribution in [0.4, 0.5) is 5.69 Å². The highest BCUT2D eigenvalue weighted by molar-refractivity contribution is 5.97. The maximum absolute atomic E-state index is 12.9. The molecule has 0 aliphatic carbocycles. The van der Waals surface area contributed by atoms with Crippen molar-refractivity contribution in [3.05, 3.63) is 29.3 Å². The van der Waals surface area contributed by atoms with Crippen LogP contribution in [0.5, 0.6) is 0 Å². The van der Waals surface area contributed by atoms with Gasteiger partial charge in [0.2, 0.25) is 5.91 Å². The summed E-state index contributed by atoms with van der Waals surface area (Å²) in [4.78, 5) is 12.9. The van der Waals surface area contributed by atoms with Crippen LogP contribution in [0.1, 0.15) is 57.1 Å². The minimum atomic E-state index is -0.231. The van der Waals surface area contributed by atoms with E-state index in [4.69, 9.17) is 0 Å². The summed E-state index contributed by atoms with van der Waals surface area (Å²) < 4.78 is 0. The lowest BCUT2D eigenvalue weighted by Gasteiger charge is -2.28. The number of nitrogens with one attached hydrogen (secondary N) is 2. The highest BCUT2D eigenvalue weighted by atomic mass is 16.2. The van der Waals surface area contributed by atoms with E-state index < -0.39 is 0 Å². The average Bonchev–Trinajstić information content (AvgIpc) is 2.91. The summed E-state index contributed by atoms with van der Waals surface area (Å²) in [5.41, 5.74) is 3.15. The Kier molecular flexibility index (Phi) is 5.04. The molecule has 1 aliphatic heterocycles. The first kappa shape index (κ1) is 16.0. The molecule has 3 heteroatoms. The zero-order valence-electron chi connectivity index (χ0n) is 13.8. The molecule has 0 aromatic heterocycles. The molecule has 1 aromatic rings. The molecule has 1 atom stereocenters. The molecule has 1 heterocycles. The van der Waals surface area contributed by atoms with Crippen molar-refractivity contribution in [3.8, 4) is 0 Å². The highest BCUT2D eigenvalue weighted by Crippen LogP contribution is 2.34. The van der Waals surface area contributed by atoms with Gasteiger partial charge in [0.25, 0.3) is 0 Å². The molecule has 3 nitrogen and oxygen atoms in total. The number of hydrogen-bond acceptors (Lipinski definition) is 2. The van der Waals surface area contributed by atoms with E-state index in [9.17, 15) is 4.79 Å². The Morgan fingerprint density at radius 2 is 2.19 bits per heavy atom. The Bertz CT molecular complexity index is 502. The van der Waals surface area contributed by atoms with E-state index in [1.165, 1.54) is 5.56 Å². The minimum Gasteiger partial charge on any atom is -0.325 e. The Hall–Kier alpha value is -1.35. The zero-order valence-corrected chi connectivity index (χ0v) is 13.8. The van der Waals surface area contributed by atoms with E-state index in [1.54, 1.807) is 0 Å². The number of benzene rings is 1. The number of carbonyl (C=O) groups excluding carboxylic acids is 1. The van der Waals surface area contributed by atoms with Gasteiger partial charge in [-0.15, -0.1) is 0 Å². The molecule has 1 amide bonds. The van der Waals surface area contributed by atoms with E-state index in [1.807, 2.05) is 0 Å². The normalized spacial score (nSPS) is 21.8. The fourth-order valence-corrected chi connectivity index (χ4v) is 3.33. The summed E-state index contributed by atoms with van der Waals surface area (Å²) in [5.74, 6) is 0.592. The molecule has 0 saturated carbocycles. The van der Waals surface area contributed by atoms with Crippen molar-refractivity contribution < 1.29 is 4.79 Å². The van der Waals surface area contributed by atoms with Gasteiger partial charge in [0, 0.05) is 12.2 Å². The van der Waals surface area contributed by atoms with Gasteiger partial charge in [0.05, 0.1) is 5.41 Å². The molecule has 1 unspecified atom stereocenters. The number of rotatable bonds is 5. The van der Waals surface area contributed by atoms with Crippen LogP contribution in [0, 0.1) is 12.3 Å². The summed E-state index contributed by atoms with van der Waals surface area (Å²) in [6.45, 7) is 10.3. The molecule has 1 aromatic carbocycles. The second-order valence-corrected chi connectivity index (χ2v) is 6.61. The van der Waals surface area contributed by atoms with Crippen LogP contribution in [0.3, 0.4) is 0 Å². The van der Waals surface area contributed by atoms with Crippen LogP contribution < -0.4 is 10.6 Å². The molecule has 1 saturated heterocycles. The molecule has 0 bridgehead atoms. The number of carbonyl (C=O) groups is 1. The van der Waals surface area contributed by atoms with Gasteiger partial charge in [-0.3, -0.25) is 4.79 Å². The Morgan fingerprint density at radius 3 is 2.76 bits per heavy atom. The summed E-state index contributed by atoms with van der Waals surface area (Å²) in [6.07, 6.45) is 2.93. The first-order chi connectivity index (χ1) is 10.00. The summed E-state index contributed by atoms with van der Waals surface area (Å²) in [5, 5.41) is 6.60. The van der Waals surface area contributed by atoms with Crippen molar-refractivity contribution >= 4 is 11.6 Å². The van der Waals surface area contributed by atoms with Crippen LogP contribution in [-0.4, -0.2) is 19.0 Å². The van der Waals surface area contributed by atoms with E-state index in [0.29, 0.717) is 5.92 Å².